The number of hydrogen-bond donors (Lipinski definition) is 0. The normalized spacial score (nSPS) is 17.9. The highest BCUT2D eigenvalue weighted by molar-refractivity contribution is 6.64. The molecule has 184 valence electrons. The third-order valence-electron chi connectivity index (χ3n) is 6.00. The zero-order valence-electron chi connectivity index (χ0n) is 20.0. The summed E-state index contributed by atoms with van der Waals surface area (Å²) in [5.74, 6) is 1.43. The Balaban J connectivity index is 1.28. The van der Waals surface area contributed by atoms with Crippen molar-refractivity contribution < 1.29 is 33.1 Å². The maximum Gasteiger partial charge on any atom is 0.636 e. The van der Waals surface area contributed by atoms with E-state index in [0.717, 1.165) is 29.7 Å². The molecule has 0 saturated carbocycles. The summed E-state index contributed by atoms with van der Waals surface area (Å²) in [4.78, 5) is 29.9. The van der Waals surface area contributed by atoms with E-state index in [1.807, 2.05) is 24.3 Å². The average Bonchev–Trinajstić information content (AvgIpc) is 3.27. The Bertz CT molecular complexity index is 1250. The molecule has 0 bridgehead atoms. The number of benzene rings is 2. The number of nitrogens with zero attached hydrogens (tertiary/aromatic N) is 2. The van der Waals surface area contributed by atoms with Gasteiger partial charge in [-0.1, -0.05) is 30.3 Å². The van der Waals surface area contributed by atoms with Crippen LogP contribution in [0, 0.1) is 0 Å². The Hall–Kier alpha value is -4.05. The van der Waals surface area contributed by atoms with Gasteiger partial charge in [0, 0.05) is 23.2 Å². The molecule has 0 spiro atoms. The number of likely N-dealkylation sites (N-methyl/N-ethyl adjacent to an activating group) is 1. The van der Waals surface area contributed by atoms with Crippen LogP contribution in [0.5, 0.6) is 23.3 Å². The van der Waals surface area contributed by atoms with Crippen molar-refractivity contribution in [2.75, 3.05) is 27.2 Å². The van der Waals surface area contributed by atoms with Crippen molar-refractivity contribution >= 4 is 24.5 Å². The summed E-state index contributed by atoms with van der Waals surface area (Å²) in [5.41, 5.74) is 2.70. The highest BCUT2D eigenvalue weighted by Gasteiger charge is 2.34. The zero-order chi connectivity index (χ0) is 25.1. The smallest absolute Gasteiger partial charge is 0.494 e. The van der Waals surface area contributed by atoms with Gasteiger partial charge in [0.2, 0.25) is 11.8 Å². The lowest BCUT2D eigenvalue weighted by Gasteiger charge is -2.22. The van der Waals surface area contributed by atoms with Crippen LogP contribution < -0.4 is 19.7 Å². The van der Waals surface area contributed by atoms with Crippen molar-refractivity contribution in [3.8, 4) is 23.3 Å². The van der Waals surface area contributed by atoms with E-state index in [4.69, 9.17) is 23.5 Å². The Kier molecular flexibility index (Phi) is 6.77. The summed E-state index contributed by atoms with van der Waals surface area (Å²) in [6.45, 7) is 0.0426. The van der Waals surface area contributed by atoms with E-state index >= 15 is 0 Å². The van der Waals surface area contributed by atoms with Crippen LogP contribution in [-0.4, -0.2) is 56.2 Å². The highest BCUT2D eigenvalue weighted by Crippen LogP contribution is 2.40. The van der Waals surface area contributed by atoms with Crippen LogP contribution in [-0.2, 0) is 25.3 Å². The summed E-state index contributed by atoms with van der Waals surface area (Å²) in [5, 5.41) is 0. The first kappa shape index (κ1) is 23.7. The Morgan fingerprint density at radius 2 is 1.64 bits per heavy atom. The van der Waals surface area contributed by atoms with E-state index < -0.39 is 19.1 Å². The number of rotatable bonds is 6. The molecule has 5 rings (SSSR count). The van der Waals surface area contributed by atoms with Crippen LogP contribution in [0.3, 0.4) is 0 Å². The molecule has 0 amide bonds. The van der Waals surface area contributed by atoms with Gasteiger partial charge >= 0.3 is 19.1 Å². The van der Waals surface area contributed by atoms with Gasteiger partial charge in [0.25, 0.3) is 0 Å². The summed E-state index contributed by atoms with van der Waals surface area (Å²) >= 11 is 0. The van der Waals surface area contributed by atoms with Crippen LogP contribution in [0.25, 0.3) is 0 Å². The quantitative estimate of drug-likeness (QED) is 0.486. The fourth-order valence-corrected chi connectivity index (χ4v) is 4.32. The first-order valence-electron chi connectivity index (χ1n) is 11.6. The predicted octanol–water partition coefficient (Wildman–Crippen LogP) is 2.68. The maximum absolute atomic E-state index is 12.0. The number of pyridine rings is 1. The fraction of sp³-hybridized carbons (Fsp3) is 0.269. The van der Waals surface area contributed by atoms with E-state index in [1.165, 1.54) is 0 Å². The number of fused-ring (bicyclic) bond motifs is 1. The monoisotopic (exact) mass is 488 g/mol. The molecule has 2 aliphatic rings. The molecule has 1 unspecified atom stereocenters. The minimum Gasteiger partial charge on any atom is -0.494 e. The largest absolute Gasteiger partial charge is 0.636 e. The standard InChI is InChI=1S/C26H25BN2O7/c1-29-15-25(30)35-27(36-26(31)16-29)17-9-11-18(12-10-17)33-22-14-13-20-19(22)5-3-6-21(20)34-24-8-4-7-23(28-24)32-2/h3-12,22H,13-16H2,1-2H3. The van der Waals surface area contributed by atoms with Gasteiger partial charge in [-0.05, 0) is 43.7 Å². The molecule has 0 radical (unpaired) electrons. The molecule has 3 aromatic rings. The minimum absolute atomic E-state index is 0.0213. The first-order valence-corrected chi connectivity index (χ1v) is 11.6. The Morgan fingerprint density at radius 3 is 2.36 bits per heavy atom. The molecule has 2 heterocycles. The predicted molar refractivity (Wildman–Crippen MR) is 131 cm³/mol. The van der Waals surface area contributed by atoms with Crippen LogP contribution in [0.4, 0.5) is 0 Å². The van der Waals surface area contributed by atoms with E-state index in [2.05, 4.69) is 4.98 Å². The fourth-order valence-electron chi connectivity index (χ4n) is 4.32. The van der Waals surface area contributed by atoms with Gasteiger partial charge in [-0.2, -0.15) is 4.98 Å². The highest BCUT2D eigenvalue weighted by atomic mass is 16.6. The van der Waals surface area contributed by atoms with E-state index in [1.54, 1.807) is 55.5 Å². The van der Waals surface area contributed by atoms with Crippen molar-refractivity contribution in [1.82, 2.24) is 9.88 Å². The second kappa shape index (κ2) is 10.3. The van der Waals surface area contributed by atoms with Gasteiger partial charge in [-0.25, -0.2) is 0 Å². The molecule has 1 aliphatic heterocycles. The topological polar surface area (TPSA) is 96.4 Å². The molecule has 0 N–H and O–H groups in total. The minimum atomic E-state index is -1.08. The lowest BCUT2D eigenvalue weighted by molar-refractivity contribution is -0.145. The van der Waals surface area contributed by atoms with Crippen LogP contribution in [0.1, 0.15) is 23.7 Å². The molecule has 1 fully saturated rings. The van der Waals surface area contributed by atoms with Gasteiger partial charge in [0.05, 0.1) is 20.2 Å². The van der Waals surface area contributed by atoms with E-state index in [0.29, 0.717) is 23.0 Å². The third kappa shape index (κ3) is 5.28. The molecule has 1 atom stereocenters. The van der Waals surface area contributed by atoms with Crippen LogP contribution in [0.15, 0.2) is 60.7 Å². The summed E-state index contributed by atoms with van der Waals surface area (Å²) in [6, 6.07) is 18.3. The van der Waals surface area contributed by atoms with Crippen molar-refractivity contribution in [2.45, 2.75) is 18.9 Å². The van der Waals surface area contributed by atoms with Gasteiger partial charge in [-0.3, -0.25) is 14.5 Å². The molecule has 1 aromatic heterocycles. The number of methoxy groups -OCH3 is 1. The first-order chi connectivity index (χ1) is 17.5. The molecule has 36 heavy (non-hydrogen) atoms. The summed E-state index contributed by atoms with van der Waals surface area (Å²) < 4.78 is 28.2. The number of ether oxygens (including phenoxy) is 3. The molecule has 9 nitrogen and oxygen atoms in total. The third-order valence-corrected chi connectivity index (χ3v) is 6.00. The second-order valence-electron chi connectivity index (χ2n) is 8.64. The Morgan fingerprint density at radius 1 is 0.944 bits per heavy atom. The SMILES string of the molecule is COc1cccc(Oc2cccc3c2CCC3Oc2ccc(B3OC(=O)CN(C)CC(=O)O3)cc2)n1. The molecule has 2 aromatic carbocycles. The second-order valence-corrected chi connectivity index (χ2v) is 8.64. The number of hydrogen-bond acceptors (Lipinski definition) is 9. The zero-order valence-corrected chi connectivity index (χ0v) is 20.0. The van der Waals surface area contributed by atoms with Crippen molar-refractivity contribution in [3.63, 3.8) is 0 Å². The number of aromatic nitrogens is 1. The van der Waals surface area contributed by atoms with Gasteiger partial charge < -0.3 is 23.5 Å². The maximum atomic E-state index is 12.0. The summed E-state index contributed by atoms with van der Waals surface area (Å²) in [6.07, 6.45) is 1.47. The molecule has 1 aliphatic carbocycles. The van der Waals surface area contributed by atoms with Crippen molar-refractivity contribution in [3.05, 3.63) is 71.8 Å². The van der Waals surface area contributed by atoms with Crippen LogP contribution in [0.2, 0.25) is 0 Å². The number of carbonyl (C=O) groups excluding carboxylic acids is 2. The molecule has 1 saturated heterocycles. The van der Waals surface area contributed by atoms with Gasteiger partial charge in [-0.15, -0.1) is 0 Å². The summed E-state index contributed by atoms with van der Waals surface area (Å²) in [7, 11) is 2.14. The van der Waals surface area contributed by atoms with Crippen LogP contribution >= 0.6 is 0 Å². The average molecular weight is 488 g/mol. The van der Waals surface area contributed by atoms with E-state index in [9.17, 15) is 9.59 Å². The lowest BCUT2D eigenvalue weighted by Crippen LogP contribution is -2.47. The molecular weight excluding hydrogens is 463 g/mol. The molecule has 10 heteroatoms. The van der Waals surface area contributed by atoms with E-state index in [-0.39, 0.29) is 19.2 Å². The molecular formula is C26H25BN2O7. The van der Waals surface area contributed by atoms with Crippen molar-refractivity contribution in [2.24, 2.45) is 0 Å². The van der Waals surface area contributed by atoms with Crippen molar-refractivity contribution in [1.29, 1.82) is 0 Å². The van der Waals surface area contributed by atoms with Gasteiger partial charge in [0.15, 0.2) is 0 Å². The lowest BCUT2D eigenvalue weighted by atomic mass is 9.78. The Labute approximate surface area is 209 Å². The number of carbonyl (C=O) groups is 2. The van der Waals surface area contributed by atoms with Gasteiger partial charge in [0.1, 0.15) is 17.6 Å².